The van der Waals surface area contributed by atoms with Crippen LogP contribution in [0.15, 0.2) is 18.2 Å². The van der Waals surface area contributed by atoms with Crippen molar-refractivity contribution in [3.63, 3.8) is 0 Å². The van der Waals surface area contributed by atoms with Crippen molar-refractivity contribution in [3.05, 3.63) is 28.8 Å². The van der Waals surface area contributed by atoms with E-state index < -0.39 is 0 Å². The zero-order valence-corrected chi connectivity index (χ0v) is 14.0. The number of hydrogen-bond acceptors (Lipinski definition) is 3. The summed E-state index contributed by atoms with van der Waals surface area (Å²) in [6.45, 7) is 6.91. The van der Waals surface area contributed by atoms with Crippen molar-refractivity contribution < 1.29 is 4.79 Å². The molecular formula is C16H26ClN3O. The van der Waals surface area contributed by atoms with Crippen LogP contribution in [0, 0.1) is 0 Å². The van der Waals surface area contributed by atoms with Crippen LogP contribution in [0.4, 0.5) is 5.69 Å². The van der Waals surface area contributed by atoms with E-state index in [-0.39, 0.29) is 5.91 Å². The Hall–Kier alpha value is -1.26. The largest absolute Gasteiger partial charge is 0.364 e. The molecule has 0 radical (unpaired) electrons. The molecule has 4 nitrogen and oxygen atoms in total. The molecule has 0 atom stereocenters. The Kier molecular flexibility index (Phi) is 8.16. The van der Waals surface area contributed by atoms with Gasteiger partial charge in [-0.2, -0.15) is 0 Å². The molecule has 0 aliphatic heterocycles. The molecule has 1 aromatic rings. The topological polar surface area (TPSA) is 44.4 Å². The van der Waals surface area contributed by atoms with Crippen LogP contribution in [-0.4, -0.2) is 32.6 Å². The minimum Gasteiger partial charge on any atom is -0.364 e. The second kappa shape index (κ2) is 9.64. The molecule has 0 bridgehead atoms. The number of likely N-dealkylation sites (N-methyl/N-ethyl adjacent to an activating group) is 1. The number of rotatable bonds is 9. The predicted octanol–water partition coefficient (Wildman–Crippen LogP) is 2.80. The quantitative estimate of drug-likeness (QED) is 0.689. The second-order valence-corrected chi connectivity index (χ2v) is 5.54. The van der Waals surface area contributed by atoms with E-state index in [1.165, 1.54) is 0 Å². The number of amides is 1. The Labute approximate surface area is 132 Å². The van der Waals surface area contributed by atoms with Crippen LogP contribution in [0.3, 0.4) is 0 Å². The van der Waals surface area contributed by atoms with Gasteiger partial charge in [-0.05, 0) is 31.0 Å². The third-order valence-corrected chi connectivity index (χ3v) is 3.45. The highest BCUT2D eigenvalue weighted by atomic mass is 35.5. The average molecular weight is 312 g/mol. The van der Waals surface area contributed by atoms with E-state index in [2.05, 4.69) is 17.6 Å². The van der Waals surface area contributed by atoms with Gasteiger partial charge in [0, 0.05) is 20.1 Å². The maximum absolute atomic E-state index is 11.9. The molecule has 118 valence electrons. The van der Waals surface area contributed by atoms with Gasteiger partial charge in [0.25, 0.3) is 0 Å². The fraction of sp³-hybridized carbons (Fsp3) is 0.562. The van der Waals surface area contributed by atoms with Crippen molar-refractivity contribution in [2.24, 2.45) is 0 Å². The summed E-state index contributed by atoms with van der Waals surface area (Å²) >= 11 is 6.32. The van der Waals surface area contributed by atoms with E-state index >= 15 is 0 Å². The van der Waals surface area contributed by atoms with Gasteiger partial charge < -0.3 is 15.5 Å². The molecule has 0 unspecified atom stereocenters. The van der Waals surface area contributed by atoms with Gasteiger partial charge in [0.1, 0.15) is 0 Å². The van der Waals surface area contributed by atoms with Crippen molar-refractivity contribution in [3.8, 4) is 0 Å². The van der Waals surface area contributed by atoms with E-state index in [1.807, 2.05) is 37.1 Å². The smallest absolute Gasteiger partial charge is 0.239 e. The zero-order chi connectivity index (χ0) is 15.7. The lowest BCUT2D eigenvalue weighted by atomic mass is 10.1. The van der Waals surface area contributed by atoms with Gasteiger partial charge in [0.15, 0.2) is 0 Å². The molecule has 0 fully saturated rings. The van der Waals surface area contributed by atoms with Gasteiger partial charge in [-0.1, -0.05) is 37.6 Å². The van der Waals surface area contributed by atoms with Crippen molar-refractivity contribution >= 4 is 23.2 Å². The third kappa shape index (κ3) is 5.94. The standard InChI is InChI=1S/C16H26ClN3O/c1-4-9-18-11-13-7-6-8-14(17)16(13)20(3)12-15(21)19-10-5-2/h6-8,18H,4-5,9-12H2,1-3H3,(H,19,21). The highest BCUT2D eigenvalue weighted by Crippen LogP contribution is 2.29. The molecule has 21 heavy (non-hydrogen) atoms. The van der Waals surface area contributed by atoms with Crippen LogP contribution in [0.25, 0.3) is 0 Å². The summed E-state index contributed by atoms with van der Waals surface area (Å²) in [6.07, 6.45) is 2.03. The average Bonchev–Trinajstić information content (AvgIpc) is 2.45. The number of anilines is 1. The van der Waals surface area contributed by atoms with E-state index in [0.29, 0.717) is 18.1 Å². The maximum Gasteiger partial charge on any atom is 0.239 e. The first-order chi connectivity index (χ1) is 10.1. The van der Waals surface area contributed by atoms with Crippen molar-refractivity contribution in [2.45, 2.75) is 33.2 Å². The number of hydrogen-bond donors (Lipinski definition) is 2. The molecule has 0 heterocycles. The Morgan fingerprint density at radius 1 is 1.24 bits per heavy atom. The minimum absolute atomic E-state index is 0.0201. The molecule has 5 heteroatoms. The first-order valence-corrected chi connectivity index (χ1v) is 7.93. The summed E-state index contributed by atoms with van der Waals surface area (Å²) in [5, 5.41) is 6.94. The van der Waals surface area contributed by atoms with Crippen LogP contribution in [0.2, 0.25) is 5.02 Å². The molecule has 0 saturated heterocycles. The lowest BCUT2D eigenvalue weighted by molar-refractivity contribution is -0.119. The third-order valence-electron chi connectivity index (χ3n) is 3.15. The Bertz CT molecular complexity index is 451. The maximum atomic E-state index is 11.9. The molecule has 1 amide bonds. The Balaban J connectivity index is 2.76. The zero-order valence-electron chi connectivity index (χ0n) is 13.2. The molecule has 1 rings (SSSR count). The van der Waals surface area contributed by atoms with Crippen LogP contribution < -0.4 is 15.5 Å². The molecule has 2 N–H and O–H groups in total. The number of nitrogens with zero attached hydrogens (tertiary/aromatic N) is 1. The normalized spacial score (nSPS) is 10.5. The van der Waals surface area contributed by atoms with Gasteiger partial charge in [0.05, 0.1) is 17.3 Å². The van der Waals surface area contributed by atoms with E-state index in [0.717, 1.165) is 37.2 Å². The number of para-hydroxylation sites is 1. The Morgan fingerprint density at radius 3 is 2.62 bits per heavy atom. The molecule has 0 aliphatic rings. The van der Waals surface area contributed by atoms with E-state index in [1.54, 1.807) is 0 Å². The fourth-order valence-electron chi connectivity index (χ4n) is 2.14. The van der Waals surface area contributed by atoms with Crippen LogP contribution in [0.5, 0.6) is 0 Å². The summed E-state index contributed by atoms with van der Waals surface area (Å²) in [4.78, 5) is 13.8. The summed E-state index contributed by atoms with van der Waals surface area (Å²) in [6, 6.07) is 5.85. The number of halogens is 1. The van der Waals surface area contributed by atoms with Crippen LogP contribution >= 0.6 is 11.6 Å². The highest BCUT2D eigenvalue weighted by molar-refractivity contribution is 6.33. The first kappa shape index (κ1) is 17.8. The lowest BCUT2D eigenvalue weighted by Crippen LogP contribution is -2.36. The summed E-state index contributed by atoms with van der Waals surface area (Å²) in [5.41, 5.74) is 2.04. The van der Waals surface area contributed by atoms with Crippen molar-refractivity contribution in [2.75, 3.05) is 31.6 Å². The molecule has 0 saturated carbocycles. The number of benzene rings is 1. The van der Waals surface area contributed by atoms with Crippen LogP contribution in [-0.2, 0) is 11.3 Å². The highest BCUT2D eigenvalue weighted by Gasteiger charge is 2.14. The van der Waals surface area contributed by atoms with E-state index in [4.69, 9.17) is 11.6 Å². The molecular weight excluding hydrogens is 286 g/mol. The summed E-state index contributed by atoms with van der Waals surface area (Å²) in [7, 11) is 1.90. The number of carbonyl (C=O) groups excluding carboxylic acids is 1. The van der Waals surface area contributed by atoms with Crippen LogP contribution in [0.1, 0.15) is 32.3 Å². The molecule has 0 aliphatic carbocycles. The van der Waals surface area contributed by atoms with E-state index in [9.17, 15) is 4.79 Å². The Morgan fingerprint density at radius 2 is 1.95 bits per heavy atom. The van der Waals surface area contributed by atoms with Gasteiger partial charge in [-0.15, -0.1) is 0 Å². The number of nitrogens with one attached hydrogen (secondary N) is 2. The monoisotopic (exact) mass is 311 g/mol. The second-order valence-electron chi connectivity index (χ2n) is 5.13. The lowest BCUT2D eigenvalue weighted by Gasteiger charge is -2.23. The van der Waals surface area contributed by atoms with Gasteiger partial charge >= 0.3 is 0 Å². The summed E-state index contributed by atoms with van der Waals surface area (Å²) < 4.78 is 0. The minimum atomic E-state index is 0.0201. The molecule has 0 aromatic heterocycles. The van der Waals surface area contributed by atoms with Gasteiger partial charge in [0.2, 0.25) is 5.91 Å². The molecule has 0 spiro atoms. The number of carbonyl (C=O) groups is 1. The fourth-order valence-corrected chi connectivity index (χ4v) is 2.48. The predicted molar refractivity (Wildman–Crippen MR) is 90.0 cm³/mol. The van der Waals surface area contributed by atoms with Crippen molar-refractivity contribution in [1.82, 2.24) is 10.6 Å². The van der Waals surface area contributed by atoms with Gasteiger partial charge in [-0.3, -0.25) is 4.79 Å². The first-order valence-electron chi connectivity index (χ1n) is 7.56. The SMILES string of the molecule is CCCNCc1cccc(Cl)c1N(C)CC(=O)NCCC. The molecule has 1 aromatic carbocycles. The summed E-state index contributed by atoms with van der Waals surface area (Å²) in [5.74, 6) is 0.0201. The van der Waals surface area contributed by atoms with Gasteiger partial charge in [-0.25, -0.2) is 0 Å². The van der Waals surface area contributed by atoms with Crippen molar-refractivity contribution in [1.29, 1.82) is 0 Å².